The van der Waals surface area contributed by atoms with Crippen LogP contribution in [0.15, 0.2) is 51.8 Å². The zero-order valence-electron chi connectivity index (χ0n) is 13.8. The summed E-state index contributed by atoms with van der Waals surface area (Å²) < 4.78 is 28.7. The fourth-order valence-electron chi connectivity index (χ4n) is 2.90. The van der Waals surface area contributed by atoms with Crippen molar-refractivity contribution in [1.82, 2.24) is 4.90 Å². The standard InChI is InChI=1S/C18H19BrN2O3S/c1-13-7-8-15(19)11-17(13)25(23,24)20-16-5-2-4-14(10-16)12-21-9-3-6-18(21)22/h2,4-5,7-8,10-11,20H,3,6,9,12H2,1H3. The van der Waals surface area contributed by atoms with Crippen molar-refractivity contribution in [2.45, 2.75) is 31.2 Å². The van der Waals surface area contributed by atoms with Crippen molar-refractivity contribution in [1.29, 1.82) is 0 Å². The first kappa shape index (κ1) is 17.9. The molecule has 0 saturated carbocycles. The predicted molar refractivity (Wildman–Crippen MR) is 101 cm³/mol. The molecule has 0 spiro atoms. The molecule has 132 valence electrons. The number of halogens is 1. The predicted octanol–water partition coefficient (Wildman–Crippen LogP) is 3.68. The molecule has 5 nitrogen and oxygen atoms in total. The van der Waals surface area contributed by atoms with E-state index in [1.807, 2.05) is 12.1 Å². The fraction of sp³-hybridized carbons (Fsp3) is 0.278. The van der Waals surface area contributed by atoms with Gasteiger partial charge in [-0.15, -0.1) is 0 Å². The normalized spacial score (nSPS) is 14.8. The molecule has 0 atom stereocenters. The molecule has 3 rings (SSSR count). The molecular formula is C18H19BrN2O3S. The van der Waals surface area contributed by atoms with Gasteiger partial charge < -0.3 is 4.90 Å². The summed E-state index contributed by atoms with van der Waals surface area (Å²) in [5, 5.41) is 0. The Morgan fingerprint density at radius 3 is 2.72 bits per heavy atom. The number of likely N-dealkylation sites (tertiary alicyclic amines) is 1. The van der Waals surface area contributed by atoms with Gasteiger partial charge in [-0.3, -0.25) is 9.52 Å². The Morgan fingerprint density at radius 1 is 1.20 bits per heavy atom. The van der Waals surface area contributed by atoms with Crippen LogP contribution in [0.1, 0.15) is 24.0 Å². The minimum atomic E-state index is -3.68. The molecule has 0 bridgehead atoms. The van der Waals surface area contributed by atoms with Gasteiger partial charge in [0.05, 0.1) is 4.90 Å². The summed E-state index contributed by atoms with van der Waals surface area (Å²) in [6, 6.07) is 12.3. The average Bonchev–Trinajstić information content (AvgIpc) is 2.94. The Hall–Kier alpha value is -1.86. The molecule has 0 aromatic heterocycles. The second-order valence-corrected chi connectivity index (χ2v) is 8.70. The van der Waals surface area contributed by atoms with E-state index in [9.17, 15) is 13.2 Å². The molecule has 1 amide bonds. The van der Waals surface area contributed by atoms with Gasteiger partial charge in [0, 0.05) is 29.7 Å². The van der Waals surface area contributed by atoms with Crippen molar-refractivity contribution < 1.29 is 13.2 Å². The van der Waals surface area contributed by atoms with Crippen LogP contribution in [-0.4, -0.2) is 25.8 Å². The third-order valence-corrected chi connectivity index (χ3v) is 6.18. The molecule has 0 radical (unpaired) electrons. The zero-order valence-corrected chi connectivity index (χ0v) is 16.2. The minimum Gasteiger partial charge on any atom is -0.338 e. The van der Waals surface area contributed by atoms with E-state index in [2.05, 4.69) is 20.7 Å². The summed E-state index contributed by atoms with van der Waals surface area (Å²) in [6.07, 6.45) is 1.47. The molecule has 1 aliphatic heterocycles. The Labute approximate surface area is 156 Å². The van der Waals surface area contributed by atoms with Gasteiger partial charge in [0.2, 0.25) is 5.91 Å². The first-order valence-electron chi connectivity index (χ1n) is 8.01. The highest BCUT2D eigenvalue weighted by atomic mass is 79.9. The molecule has 0 aliphatic carbocycles. The molecule has 2 aromatic rings. The highest BCUT2D eigenvalue weighted by Gasteiger charge is 2.21. The maximum Gasteiger partial charge on any atom is 0.262 e. The monoisotopic (exact) mass is 422 g/mol. The number of rotatable bonds is 5. The Morgan fingerprint density at radius 2 is 2.00 bits per heavy atom. The summed E-state index contributed by atoms with van der Waals surface area (Å²) in [6.45, 7) is 3.02. The Bertz CT molecular complexity index is 912. The Balaban J connectivity index is 1.81. The Kier molecular flexibility index (Phi) is 5.15. The van der Waals surface area contributed by atoms with Gasteiger partial charge in [0.15, 0.2) is 0 Å². The van der Waals surface area contributed by atoms with E-state index in [4.69, 9.17) is 0 Å². The van der Waals surface area contributed by atoms with E-state index in [0.717, 1.165) is 18.5 Å². The van der Waals surface area contributed by atoms with E-state index in [-0.39, 0.29) is 10.8 Å². The van der Waals surface area contributed by atoms with Crippen LogP contribution in [-0.2, 0) is 21.4 Å². The van der Waals surface area contributed by atoms with Crippen LogP contribution < -0.4 is 4.72 Å². The van der Waals surface area contributed by atoms with Gasteiger partial charge in [-0.25, -0.2) is 8.42 Å². The lowest BCUT2D eigenvalue weighted by Gasteiger charge is -2.16. The van der Waals surface area contributed by atoms with Crippen molar-refractivity contribution >= 4 is 37.5 Å². The number of amides is 1. The summed E-state index contributed by atoms with van der Waals surface area (Å²) in [7, 11) is -3.68. The maximum absolute atomic E-state index is 12.7. The number of aryl methyl sites for hydroxylation is 1. The molecule has 1 N–H and O–H groups in total. The third kappa shape index (κ3) is 4.22. The van der Waals surface area contributed by atoms with Gasteiger partial charge in [0.25, 0.3) is 10.0 Å². The second kappa shape index (κ2) is 7.17. The second-order valence-electron chi connectivity index (χ2n) is 6.13. The first-order chi connectivity index (χ1) is 11.8. The first-order valence-corrected chi connectivity index (χ1v) is 10.3. The zero-order chi connectivity index (χ0) is 18.0. The van der Waals surface area contributed by atoms with Crippen LogP contribution in [0, 0.1) is 6.92 Å². The molecule has 1 aliphatic rings. The lowest BCUT2D eigenvalue weighted by atomic mass is 10.2. The van der Waals surface area contributed by atoms with Crippen LogP contribution in [0.25, 0.3) is 0 Å². The summed E-state index contributed by atoms with van der Waals surface area (Å²) in [5.74, 6) is 0.149. The number of anilines is 1. The number of carbonyl (C=O) groups is 1. The van der Waals surface area contributed by atoms with E-state index in [0.29, 0.717) is 28.7 Å². The number of carbonyl (C=O) groups excluding carboxylic acids is 1. The average molecular weight is 423 g/mol. The molecule has 25 heavy (non-hydrogen) atoms. The highest BCUT2D eigenvalue weighted by Crippen LogP contribution is 2.24. The number of benzene rings is 2. The van der Waals surface area contributed by atoms with E-state index >= 15 is 0 Å². The van der Waals surface area contributed by atoms with Crippen LogP contribution in [0.5, 0.6) is 0 Å². The van der Waals surface area contributed by atoms with Gasteiger partial charge in [0.1, 0.15) is 0 Å². The topological polar surface area (TPSA) is 66.5 Å². The molecule has 1 heterocycles. The van der Waals surface area contributed by atoms with Crippen molar-refractivity contribution in [2.24, 2.45) is 0 Å². The molecule has 0 unspecified atom stereocenters. The van der Waals surface area contributed by atoms with E-state index in [1.54, 1.807) is 42.2 Å². The fourth-order valence-corrected chi connectivity index (χ4v) is 4.73. The molecule has 1 saturated heterocycles. The molecule has 1 fully saturated rings. The molecule has 7 heteroatoms. The van der Waals surface area contributed by atoms with E-state index < -0.39 is 10.0 Å². The van der Waals surface area contributed by atoms with Gasteiger partial charge in [-0.1, -0.05) is 34.1 Å². The van der Waals surface area contributed by atoms with Gasteiger partial charge in [-0.2, -0.15) is 0 Å². The van der Waals surface area contributed by atoms with Crippen LogP contribution in [0.2, 0.25) is 0 Å². The summed E-state index contributed by atoms with van der Waals surface area (Å²) in [5.41, 5.74) is 2.07. The number of hydrogen-bond acceptors (Lipinski definition) is 3. The molecular weight excluding hydrogens is 404 g/mol. The van der Waals surface area contributed by atoms with Crippen molar-refractivity contribution in [3.8, 4) is 0 Å². The number of hydrogen-bond donors (Lipinski definition) is 1. The lowest BCUT2D eigenvalue weighted by Crippen LogP contribution is -2.23. The maximum atomic E-state index is 12.7. The number of sulfonamides is 1. The van der Waals surface area contributed by atoms with Crippen LogP contribution >= 0.6 is 15.9 Å². The SMILES string of the molecule is Cc1ccc(Br)cc1S(=O)(=O)Nc1cccc(CN2CCCC2=O)c1. The lowest BCUT2D eigenvalue weighted by molar-refractivity contribution is -0.128. The van der Waals surface area contributed by atoms with Crippen molar-refractivity contribution in [3.05, 3.63) is 58.1 Å². The quantitative estimate of drug-likeness (QED) is 0.798. The number of nitrogens with zero attached hydrogens (tertiary/aromatic N) is 1. The van der Waals surface area contributed by atoms with Gasteiger partial charge >= 0.3 is 0 Å². The third-order valence-electron chi connectivity index (χ3n) is 4.16. The smallest absolute Gasteiger partial charge is 0.262 e. The van der Waals surface area contributed by atoms with E-state index in [1.165, 1.54) is 0 Å². The van der Waals surface area contributed by atoms with Crippen molar-refractivity contribution in [3.63, 3.8) is 0 Å². The summed E-state index contributed by atoms with van der Waals surface area (Å²) in [4.78, 5) is 13.8. The van der Waals surface area contributed by atoms with Crippen molar-refractivity contribution in [2.75, 3.05) is 11.3 Å². The van der Waals surface area contributed by atoms with Gasteiger partial charge in [-0.05, 0) is 48.7 Å². The van der Waals surface area contributed by atoms with Crippen LogP contribution in [0.3, 0.4) is 0 Å². The largest absolute Gasteiger partial charge is 0.338 e. The summed E-state index contributed by atoms with van der Waals surface area (Å²) >= 11 is 3.31. The highest BCUT2D eigenvalue weighted by molar-refractivity contribution is 9.10. The minimum absolute atomic E-state index is 0.149. The molecule has 2 aromatic carbocycles. The number of nitrogens with one attached hydrogen (secondary N) is 1. The van der Waals surface area contributed by atoms with Crippen LogP contribution in [0.4, 0.5) is 5.69 Å².